The molecule has 1 heterocycles. The van der Waals surface area contributed by atoms with E-state index in [2.05, 4.69) is 10.6 Å². The lowest BCUT2D eigenvalue weighted by atomic mass is 10.3. The molecule has 0 saturated carbocycles. The van der Waals surface area contributed by atoms with Gasteiger partial charge >= 0.3 is 0 Å². The second-order valence-electron chi connectivity index (χ2n) is 5.80. The van der Waals surface area contributed by atoms with Gasteiger partial charge in [0.2, 0.25) is 0 Å². The fourth-order valence-corrected chi connectivity index (χ4v) is 2.24. The predicted molar refractivity (Wildman–Crippen MR) is 94.3 cm³/mol. The van der Waals surface area contributed by atoms with E-state index in [1.807, 2.05) is 0 Å². The van der Waals surface area contributed by atoms with Crippen LogP contribution >= 0.6 is 0 Å². The van der Waals surface area contributed by atoms with Gasteiger partial charge < -0.3 is 29.6 Å². The number of hydrogen-bond acceptors (Lipinski definition) is 6. The lowest BCUT2D eigenvalue weighted by Crippen LogP contribution is -2.38. The van der Waals surface area contributed by atoms with E-state index in [0.717, 1.165) is 0 Å². The lowest BCUT2D eigenvalue weighted by molar-refractivity contribution is -0.128. The van der Waals surface area contributed by atoms with Gasteiger partial charge in [-0.3, -0.25) is 9.59 Å². The van der Waals surface area contributed by atoms with Crippen molar-refractivity contribution in [2.45, 2.75) is 26.1 Å². The second kappa shape index (κ2) is 10.6. The molecule has 1 aromatic carbocycles. The van der Waals surface area contributed by atoms with Crippen LogP contribution in [0.2, 0.25) is 0 Å². The van der Waals surface area contributed by atoms with Gasteiger partial charge in [-0.2, -0.15) is 0 Å². The summed E-state index contributed by atoms with van der Waals surface area (Å²) in [5.41, 5.74) is 0. The standard InChI is InChI=1S/C18H26N2O6/c1-13-17(21)19-6-8-23-10-11-24-9-7-20-18(22)14(2)26-16-5-3-4-15(12-16)25-13/h3-5,12-14H,6-11H2,1-2H3,(H,19,21)(H,20,22)/t13-,14?/m1/s1. The van der Waals surface area contributed by atoms with Gasteiger partial charge in [0.15, 0.2) is 12.2 Å². The van der Waals surface area contributed by atoms with Gasteiger partial charge in [-0.05, 0) is 26.0 Å². The smallest absolute Gasteiger partial charge is 0.260 e. The summed E-state index contributed by atoms with van der Waals surface area (Å²) in [6.45, 7) is 5.72. The van der Waals surface area contributed by atoms with E-state index in [1.165, 1.54) is 0 Å². The molecule has 2 atom stereocenters. The molecule has 1 aromatic rings. The molecule has 1 aliphatic rings. The van der Waals surface area contributed by atoms with Crippen molar-refractivity contribution in [2.75, 3.05) is 39.5 Å². The van der Waals surface area contributed by atoms with Gasteiger partial charge in [0.1, 0.15) is 11.5 Å². The van der Waals surface area contributed by atoms with E-state index in [9.17, 15) is 9.59 Å². The van der Waals surface area contributed by atoms with Crippen molar-refractivity contribution < 1.29 is 28.5 Å². The fraction of sp³-hybridized carbons (Fsp3) is 0.556. The van der Waals surface area contributed by atoms with Crippen LogP contribution in [0.3, 0.4) is 0 Å². The van der Waals surface area contributed by atoms with Crippen LogP contribution in [0.1, 0.15) is 13.8 Å². The number of amides is 2. The highest BCUT2D eigenvalue weighted by Crippen LogP contribution is 2.21. The molecule has 2 bridgehead atoms. The minimum absolute atomic E-state index is 0.234. The molecule has 0 saturated heterocycles. The van der Waals surface area contributed by atoms with Gasteiger partial charge in [-0.25, -0.2) is 0 Å². The predicted octanol–water partition coefficient (Wildman–Crippen LogP) is 0.500. The van der Waals surface area contributed by atoms with E-state index >= 15 is 0 Å². The van der Waals surface area contributed by atoms with E-state index in [4.69, 9.17) is 18.9 Å². The van der Waals surface area contributed by atoms with Gasteiger partial charge in [-0.1, -0.05) is 6.07 Å². The molecule has 0 radical (unpaired) electrons. The summed E-state index contributed by atoms with van der Waals surface area (Å²) in [6.07, 6.45) is -1.34. The third-order valence-electron chi connectivity index (χ3n) is 3.63. The first-order chi connectivity index (χ1) is 12.6. The van der Waals surface area contributed by atoms with Crippen LogP contribution in [-0.2, 0) is 19.1 Å². The maximum atomic E-state index is 12.0. The Hall–Kier alpha value is -2.32. The van der Waals surface area contributed by atoms with Crippen LogP contribution in [0.5, 0.6) is 11.5 Å². The number of ether oxygens (including phenoxy) is 4. The van der Waals surface area contributed by atoms with Crippen molar-refractivity contribution in [1.29, 1.82) is 0 Å². The number of carbonyl (C=O) groups excluding carboxylic acids is 2. The summed E-state index contributed by atoms with van der Waals surface area (Å²) in [4.78, 5) is 24.1. The van der Waals surface area contributed by atoms with Crippen molar-refractivity contribution >= 4 is 11.8 Å². The normalized spacial score (nSPS) is 23.9. The highest BCUT2D eigenvalue weighted by atomic mass is 16.5. The molecule has 0 spiro atoms. The highest BCUT2D eigenvalue weighted by molar-refractivity contribution is 5.81. The molecular formula is C18H26N2O6. The lowest BCUT2D eigenvalue weighted by Gasteiger charge is -2.17. The summed E-state index contributed by atoms with van der Waals surface area (Å²) in [5, 5.41) is 5.50. The summed E-state index contributed by atoms with van der Waals surface area (Å²) >= 11 is 0. The number of benzene rings is 1. The molecule has 8 nitrogen and oxygen atoms in total. The SMILES string of the molecule is CC1Oc2cccc(c2)O[C@H](C)C(=O)NCCOCCOCCNC1=O. The van der Waals surface area contributed by atoms with Gasteiger partial charge in [0.05, 0.1) is 26.4 Å². The Balaban J connectivity index is 2.02. The number of hydrogen-bond donors (Lipinski definition) is 2. The van der Waals surface area contributed by atoms with E-state index in [-0.39, 0.29) is 11.8 Å². The molecule has 144 valence electrons. The van der Waals surface area contributed by atoms with Crippen LogP contribution in [0, 0.1) is 0 Å². The zero-order valence-corrected chi connectivity index (χ0v) is 15.2. The van der Waals surface area contributed by atoms with E-state index < -0.39 is 12.2 Å². The minimum atomic E-state index is -0.670. The molecule has 2 rings (SSSR count). The Bertz CT molecular complexity index is 548. The maximum absolute atomic E-state index is 12.0. The first-order valence-electron chi connectivity index (χ1n) is 8.70. The van der Waals surface area contributed by atoms with Crippen LogP contribution in [-0.4, -0.2) is 63.5 Å². The molecule has 26 heavy (non-hydrogen) atoms. The van der Waals surface area contributed by atoms with E-state index in [1.54, 1.807) is 38.1 Å². The molecule has 0 aromatic heterocycles. The zero-order chi connectivity index (χ0) is 18.8. The average molecular weight is 366 g/mol. The molecule has 2 N–H and O–H groups in total. The monoisotopic (exact) mass is 366 g/mol. The molecule has 2 amide bonds. The minimum Gasteiger partial charge on any atom is -0.481 e. The molecule has 1 unspecified atom stereocenters. The molecule has 0 aliphatic carbocycles. The largest absolute Gasteiger partial charge is 0.481 e. The highest BCUT2D eigenvalue weighted by Gasteiger charge is 2.17. The Kier molecular flexibility index (Phi) is 8.17. The number of carbonyl (C=O) groups is 2. The molecule has 0 fully saturated rings. The van der Waals surface area contributed by atoms with Crippen molar-refractivity contribution in [1.82, 2.24) is 10.6 Å². The Labute approximate surface area is 153 Å². The third-order valence-corrected chi connectivity index (χ3v) is 3.63. The van der Waals surface area contributed by atoms with Crippen LogP contribution in [0.25, 0.3) is 0 Å². The quantitative estimate of drug-likeness (QED) is 0.694. The molecule has 8 heteroatoms. The fourth-order valence-electron chi connectivity index (χ4n) is 2.24. The Morgan fingerprint density at radius 2 is 1.27 bits per heavy atom. The van der Waals surface area contributed by atoms with Crippen molar-refractivity contribution in [3.8, 4) is 11.5 Å². The van der Waals surface area contributed by atoms with Crippen LogP contribution < -0.4 is 20.1 Å². The Morgan fingerprint density at radius 3 is 1.73 bits per heavy atom. The Morgan fingerprint density at radius 1 is 0.808 bits per heavy atom. The average Bonchev–Trinajstić information content (AvgIpc) is 2.62. The van der Waals surface area contributed by atoms with Crippen molar-refractivity contribution in [3.05, 3.63) is 24.3 Å². The molecular weight excluding hydrogens is 340 g/mol. The summed E-state index contributed by atoms with van der Waals surface area (Å²) in [5.74, 6) is 0.504. The number of rotatable bonds is 0. The summed E-state index contributed by atoms with van der Waals surface area (Å²) in [6, 6.07) is 6.84. The van der Waals surface area contributed by atoms with E-state index in [0.29, 0.717) is 51.0 Å². The first kappa shape index (κ1) is 20.0. The van der Waals surface area contributed by atoms with Gasteiger partial charge in [0.25, 0.3) is 11.8 Å². The second-order valence-corrected chi connectivity index (χ2v) is 5.80. The summed E-state index contributed by atoms with van der Waals surface area (Å²) in [7, 11) is 0. The number of fused-ring (bicyclic) bond motifs is 2. The van der Waals surface area contributed by atoms with Crippen LogP contribution in [0.15, 0.2) is 24.3 Å². The zero-order valence-electron chi connectivity index (χ0n) is 15.2. The topological polar surface area (TPSA) is 95.1 Å². The number of nitrogens with one attached hydrogen (secondary N) is 2. The van der Waals surface area contributed by atoms with Gasteiger partial charge in [-0.15, -0.1) is 0 Å². The maximum Gasteiger partial charge on any atom is 0.260 e. The first-order valence-corrected chi connectivity index (χ1v) is 8.70. The van der Waals surface area contributed by atoms with Crippen molar-refractivity contribution in [3.63, 3.8) is 0 Å². The van der Waals surface area contributed by atoms with Crippen LogP contribution in [0.4, 0.5) is 0 Å². The van der Waals surface area contributed by atoms with Crippen molar-refractivity contribution in [2.24, 2.45) is 0 Å². The molecule has 1 aliphatic heterocycles. The summed E-state index contributed by atoms with van der Waals surface area (Å²) < 4.78 is 22.0. The third kappa shape index (κ3) is 6.89. The van der Waals surface area contributed by atoms with Gasteiger partial charge in [0, 0.05) is 19.2 Å².